The number of nitrogen functional groups attached to an aromatic ring is 1. The maximum absolute atomic E-state index is 13.1. The van der Waals surface area contributed by atoms with Crippen LogP contribution < -0.4 is 15.5 Å². The van der Waals surface area contributed by atoms with Gasteiger partial charge in [0.05, 0.1) is 6.54 Å². The summed E-state index contributed by atoms with van der Waals surface area (Å²) in [5.74, 6) is 1.29. The number of nitrogens with zero attached hydrogens (tertiary/aromatic N) is 6. The van der Waals surface area contributed by atoms with Gasteiger partial charge in [-0.3, -0.25) is 14.6 Å². The smallest absolute Gasteiger partial charge is 0.324 e. The van der Waals surface area contributed by atoms with Crippen LogP contribution in [0, 0.1) is 0 Å². The van der Waals surface area contributed by atoms with Crippen molar-refractivity contribution in [3.8, 4) is 0 Å². The van der Waals surface area contributed by atoms with Gasteiger partial charge in [-0.15, -0.1) is 0 Å². The summed E-state index contributed by atoms with van der Waals surface area (Å²) in [6, 6.07) is 9.33. The molecule has 32 heavy (non-hydrogen) atoms. The lowest BCUT2D eigenvalue weighted by Crippen LogP contribution is -2.42. The van der Waals surface area contributed by atoms with Crippen molar-refractivity contribution in [2.75, 3.05) is 62.6 Å². The zero-order valence-electron chi connectivity index (χ0n) is 19.5. The number of anilines is 3. The lowest BCUT2D eigenvalue weighted by atomic mass is 10.2. The maximum atomic E-state index is 13.1. The van der Waals surface area contributed by atoms with Crippen molar-refractivity contribution >= 4 is 41.5 Å². The molecular weight excluding hydrogens is 426 g/mol. The molecule has 174 valence electrons. The van der Waals surface area contributed by atoms with Crippen molar-refractivity contribution in [2.24, 2.45) is 0 Å². The van der Waals surface area contributed by atoms with E-state index in [1.165, 1.54) is 21.6 Å². The van der Waals surface area contributed by atoms with Gasteiger partial charge in [0.2, 0.25) is 6.41 Å². The number of nitrogens with two attached hydrogens (primary N) is 1. The highest BCUT2D eigenvalue weighted by Gasteiger charge is 2.26. The fraction of sp³-hybridized carbons (Fsp3) is 0.455. The first-order chi connectivity index (χ1) is 15.3. The fourth-order valence-electron chi connectivity index (χ4n) is 2.96. The molecular formula is C22H33N7O2S. The van der Waals surface area contributed by atoms with Crippen LogP contribution in [0.5, 0.6) is 0 Å². The zero-order chi connectivity index (χ0) is 23.7. The Bertz CT molecular complexity index is 895. The molecule has 2 rings (SSSR count). The molecule has 0 atom stereocenters. The molecule has 0 aliphatic rings. The van der Waals surface area contributed by atoms with E-state index >= 15 is 0 Å². The molecule has 0 bridgehead atoms. The van der Waals surface area contributed by atoms with Crippen molar-refractivity contribution in [2.45, 2.75) is 25.0 Å². The molecule has 0 aliphatic carbocycles. The molecule has 2 N–H and O–H groups in total. The summed E-state index contributed by atoms with van der Waals surface area (Å²) in [4.78, 5) is 40.7. The third kappa shape index (κ3) is 6.83. The van der Waals surface area contributed by atoms with Gasteiger partial charge in [-0.2, -0.15) is 0 Å². The summed E-state index contributed by atoms with van der Waals surface area (Å²) in [5.41, 5.74) is 7.56. The molecule has 0 radical (unpaired) electrons. The fourth-order valence-corrected chi connectivity index (χ4v) is 3.66. The average Bonchev–Trinajstić information content (AvgIpc) is 2.78. The predicted molar refractivity (Wildman–Crippen MR) is 131 cm³/mol. The number of amides is 3. The monoisotopic (exact) mass is 459 g/mol. The number of benzene rings is 1. The van der Waals surface area contributed by atoms with Gasteiger partial charge in [0.15, 0.2) is 16.8 Å². The molecule has 2 aromatic rings. The van der Waals surface area contributed by atoms with E-state index in [0.717, 1.165) is 24.3 Å². The SMILES string of the molecule is CCCSc1nc(N)c(N(C)C(=O)N(C)CCN(C)C)c(N(C=O)Cc2ccccc2)n1. The van der Waals surface area contributed by atoms with Crippen molar-refractivity contribution in [1.29, 1.82) is 0 Å². The van der Waals surface area contributed by atoms with Crippen LogP contribution in [0.3, 0.4) is 0 Å². The van der Waals surface area contributed by atoms with Crippen LogP contribution in [0.4, 0.5) is 22.1 Å². The van der Waals surface area contributed by atoms with E-state index in [9.17, 15) is 9.59 Å². The second-order valence-electron chi connectivity index (χ2n) is 7.70. The van der Waals surface area contributed by atoms with Crippen molar-refractivity contribution in [1.82, 2.24) is 19.8 Å². The second-order valence-corrected chi connectivity index (χ2v) is 8.76. The Balaban J connectivity index is 2.45. The minimum Gasteiger partial charge on any atom is -0.382 e. The first-order valence-electron chi connectivity index (χ1n) is 10.5. The summed E-state index contributed by atoms with van der Waals surface area (Å²) in [5, 5.41) is 0.477. The highest BCUT2D eigenvalue weighted by Crippen LogP contribution is 2.34. The topological polar surface area (TPSA) is 98.9 Å². The molecule has 0 saturated heterocycles. The van der Waals surface area contributed by atoms with E-state index in [-0.39, 0.29) is 11.8 Å². The van der Waals surface area contributed by atoms with Gasteiger partial charge in [-0.05, 0) is 26.1 Å². The molecule has 0 spiro atoms. The first kappa shape index (κ1) is 25.4. The Kier molecular flexibility index (Phi) is 9.73. The maximum Gasteiger partial charge on any atom is 0.324 e. The zero-order valence-corrected chi connectivity index (χ0v) is 20.3. The van der Waals surface area contributed by atoms with Crippen molar-refractivity contribution in [3.05, 3.63) is 35.9 Å². The number of urea groups is 1. The minimum absolute atomic E-state index is 0.158. The van der Waals surface area contributed by atoms with E-state index in [1.54, 1.807) is 19.0 Å². The van der Waals surface area contributed by atoms with Gasteiger partial charge in [0.25, 0.3) is 0 Å². The van der Waals surface area contributed by atoms with Gasteiger partial charge in [-0.25, -0.2) is 14.8 Å². The van der Waals surface area contributed by atoms with E-state index in [0.29, 0.717) is 36.2 Å². The molecule has 1 heterocycles. The normalized spacial score (nSPS) is 10.8. The molecule has 3 amide bonds. The Hall–Kier alpha value is -2.85. The third-order valence-corrected chi connectivity index (χ3v) is 5.79. The number of rotatable bonds is 11. The Morgan fingerprint density at radius 2 is 1.78 bits per heavy atom. The molecule has 9 nitrogen and oxygen atoms in total. The standard InChI is InChI=1S/C22H33N7O2S/c1-6-14-32-21-24-19(23)18(28(5)22(31)27(4)13-12-26(2)3)20(25-21)29(16-30)15-17-10-8-7-9-11-17/h7-11,16H,6,12-15H2,1-5H3,(H2,23,24,25). The van der Waals surface area contributed by atoms with Gasteiger partial charge in [0, 0.05) is 32.9 Å². The second kappa shape index (κ2) is 12.3. The Labute approximate surface area is 194 Å². The number of likely N-dealkylation sites (N-methyl/N-ethyl adjacent to an activating group) is 2. The van der Waals surface area contributed by atoms with Crippen LogP contribution in [0.25, 0.3) is 0 Å². The van der Waals surface area contributed by atoms with Crippen LogP contribution in [-0.2, 0) is 11.3 Å². The van der Waals surface area contributed by atoms with Gasteiger partial charge < -0.3 is 15.5 Å². The van der Waals surface area contributed by atoms with Crippen molar-refractivity contribution in [3.63, 3.8) is 0 Å². The Morgan fingerprint density at radius 3 is 2.38 bits per heavy atom. The molecule has 0 unspecified atom stereocenters. The summed E-state index contributed by atoms with van der Waals surface area (Å²) in [7, 11) is 7.25. The lowest BCUT2D eigenvalue weighted by Gasteiger charge is -2.29. The van der Waals surface area contributed by atoms with Crippen LogP contribution >= 0.6 is 11.8 Å². The van der Waals surface area contributed by atoms with Gasteiger partial charge >= 0.3 is 6.03 Å². The van der Waals surface area contributed by atoms with Crippen LogP contribution in [0.15, 0.2) is 35.5 Å². The molecule has 10 heteroatoms. The number of thioether (sulfide) groups is 1. The summed E-state index contributed by atoms with van der Waals surface area (Å²) >= 11 is 1.47. The molecule has 1 aromatic carbocycles. The summed E-state index contributed by atoms with van der Waals surface area (Å²) < 4.78 is 0. The van der Waals surface area contributed by atoms with E-state index in [4.69, 9.17) is 5.73 Å². The third-order valence-electron chi connectivity index (χ3n) is 4.73. The number of carbonyl (C=O) groups excluding carboxylic acids is 2. The summed E-state index contributed by atoms with van der Waals surface area (Å²) in [6.07, 6.45) is 1.65. The summed E-state index contributed by atoms with van der Waals surface area (Å²) in [6.45, 7) is 3.62. The largest absolute Gasteiger partial charge is 0.382 e. The molecule has 0 saturated carbocycles. The average molecular weight is 460 g/mol. The van der Waals surface area contributed by atoms with Crippen LogP contribution in [0.1, 0.15) is 18.9 Å². The first-order valence-corrected chi connectivity index (χ1v) is 11.5. The Morgan fingerprint density at radius 1 is 1.09 bits per heavy atom. The van der Waals surface area contributed by atoms with E-state index < -0.39 is 0 Å². The molecule has 0 fully saturated rings. The molecule has 0 aliphatic heterocycles. The number of aromatic nitrogens is 2. The number of hydrogen-bond donors (Lipinski definition) is 1. The molecule has 1 aromatic heterocycles. The quantitative estimate of drug-likeness (QED) is 0.313. The predicted octanol–water partition coefficient (Wildman–Crippen LogP) is 2.77. The van der Waals surface area contributed by atoms with Crippen LogP contribution in [0.2, 0.25) is 0 Å². The lowest BCUT2D eigenvalue weighted by molar-refractivity contribution is -0.107. The number of carbonyl (C=O) groups is 2. The highest BCUT2D eigenvalue weighted by atomic mass is 32.2. The highest BCUT2D eigenvalue weighted by molar-refractivity contribution is 7.99. The van der Waals surface area contributed by atoms with Crippen molar-refractivity contribution < 1.29 is 9.59 Å². The number of hydrogen-bond acceptors (Lipinski definition) is 7. The van der Waals surface area contributed by atoms with E-state index in [1.807, 2.05) is 49.3 Å². The van der Waals surface area contributed by atoms with Gasteiger partial charge in [-0.1, -0.05) is 49.0 Å². The van der Waals surface area contributed by atoms with E-state index in [2.05, 4.69) is 16.9 Å². The minimum atomic E-state index is -0.261. The van der Waals surface area contributed by atoms with Gasteiger partial charge in [0.1, 0.15) is 5.69 Å². The van der Waals surface area contributed by atoms with Crippen LogP contribution in [-0.4, -0.2) is 79.2 Å².